The Hall–Kier alpha value is -2.10. The van der Waals surface area contributed by atoms with Gasteiger partial charge in [0, 0.05) is 23.5 Å². The summed E-state index contributed by atoms with van der Waals surface area (Å²) in [7, 11) is -0.809. The monoisotopic (exact) mass is 629 g/mol. The van der Waals surface area contributed by atoms with E-state index in [1.807, 2.05) is 18.2 Å². The van der Waals surface area contributed by atoms with E-state index in [-0.39, 0.29) is 34.9 Å². The number of halogens is 1. The van der Waals surface area contributed by atoms with Crippen LogP contribution in [0.15, 0.2) is 36.4 Å². The highest BCUT2D eigenvalue weighted by Crippen LogP contribution is 2.48. The van der Waals surface area contributed by atoms with Gasteiger partial charge in [0.1, 0.15) is 11.9 Å². The average molecular weight is 630 g/mol. The van der Waals surface area contributed by atoms with Gasteiger partial charge in [-0.15, -0.1) is 0 Å². The average Bonchev–Trinajstić information content (AvgIpc) is 3.10. The van der Waals surface area contributed by atoms with Crippen molar-refractivity contribution in [1.29, 1.82) is 0 Å². The normalized spacial score (nSPS) is 25.1. The lowest BCUT2D eigenvalue weighted by molar-refractivity contribution is -0.0731. The van der Waals surface area contributed by atoms with Crippen LogP contribution >= 0.6 is 11.6 Å². The molecule has 1 saturated carbocycles. The van der Waals surface area contributed by atoms with Crippen LogP contribution in [0.2, 0.25) is 23.2 Å². The lowest BCUT2D eigenvalue weighted by Crippen LogP contribution is -2.55. The van der Waals surface area contributed by atoms with E-state index in [1.54, 1.807) is 6.07 Å². The number of methoxy groups -OCH3 is 1. The summed E-state index contributed by atoms with van der Waals surface area (Å²) >= 11 is 6.42. The molecule has 2 aromatic carbocycles. The largest absolute Gasteiger partial charge is 0.490 e. The smallest absolute Gasteiger partial charge is 0.337 e. The van der Waals surface area contributed by atoms with E-state index in [1.165, 1.54) is 18.2 Å². The summed E-state index contributed by atoms with van der Waals surface area (Å²) in [6, 6.07) is 11.8. The number of carbonyl (C=O) groups is 1. The zero-order valence-corrected chi connectivity index (χ0v) is 28.2. The van der Waals surface area contributed by atoms with E-state index in [9.17, 15) is 15.0 Å². The first-order valence-corrected chi connectivity index (χ1v) is 18.9. The minimum atomic E-state index is -2.21. The molecule has 0 saturated heterocycles. The van der Waals surface area contributed by atoms with Gasteiger partial charge in [-0.25, -0.2) is 4.79 Å². The van der Waals surface area contributed by atoms with Crippen LogP contribution in [0.1, 0.15) is 67.9 Å². The molecular formula is C34H48ClNO6Si. The van der Waals surface area contributed by atoms with Crippen molar-refractivity contribution in [1.82, 2.24) is 0 Å². The third-order valence-electron chi connectivity index (χ3n) is 10.6. The Morgan fingerprint density at radius 1 is 1.21 bits per heavy atom. The predicted octanol–water partition coefficient (Wildman–Crippen LogP) is 6.37. The molecule has 2 aromatic rings. The highest BCUT2D eigenvalue weighted by atomic mass is 35.5. The molecular weight excluding hydrogens is 582 g/mol. The fraction of sp³-hybridized carbons (Fsp3) is 0.618. The highest BCUT2D eigenvalue weighted by Gasteiger charge is 2.48. The molecule has 2 N–H and O–H groups in total. The zero-order chi connectivity index (χ0) is 31.2. The molecule has 5 atom stereocenters. The number of benzene rings is 2. The lowest BCUT2D eigenvalue weighted by Gasteiger charge is -2.50. The molecule has 1 heterocycles. The van der Waals surface area contributed by atoms with Crippen molar-refractivity contribution >= 4 is 31.6 Å². The number of aryl methyl sites for hydroxylation is 1. The molecule has 0 radical (unpaired) electrons. The van der Waals surface area contributed by atoms with Gasteiger partial charge in [0.2, 0.25) is 0 Å². The highest BCUT2D eigenvalue weighted by molar-refractivity contribution is 6.74. The Morgan fingerprint density at radius 3 is 2.63 bits per heavy atom. The number of rotatable bonds is 8. The second-order valence-corrected chi connectivity index (χ2v) is 19.6. The van der Waals surface area contributed by atoms with Crippen LogP contribution in [-0.4, -0.2) is 70.1 Å². The Bertz CT molecular complexity index is 1330. The molecule has 3 aliphatic rings. The first kappa shape index (κ1) is 32.3. The Kier molecular flexibility index (Phi) is 9.28. The van der Waals surface area contributed by atoms with Gasteiger partial charge in [0.25, 0.3) is 0 Å². The fourth-order valence-electron chi connectivity index (χ4n) is 6.97. The molecule has 0 amide bonds. The van der Waals surface area contributed by atoms with E-state index >= 15 is 0 Å². The zero-order valence-electron chi connectivity index (χ0n) is 26.5. The van der Waals surface area contributed by atoms with Gasteiger partial charge >= 0.3 is 5.97 Å². The Labute approximate surface area is 262 Å². The molecule has 5 rings (SSSR count). The molecule has 9 heteroatoms. The standard InChI is InChI=1S/C34H48ClNO6Si/c1-33(2,3)43(5,6)42-31(29(38)19-37)26-12-9-24(26)18-36-20-34(15-7-8-22-16-25(35)11-13-27(22)34)21-41-30-14-10-23(17-28(30)36)32(39)40-4/h10-11,13-14,16-17,24,26,29,31,37-38H,7-9,12,15,18-21H2,1-6H3/t24-,26+,29+,31+,34-/m0/s1. The van der Waals surface area contributed by atoms with Crippen LogP contribution in [0, 0.1) is 11.8 Å². The second kappa shape index (κ2) is 12.4. The number of aliphatic hydroxyl groups excluding tert-OH is 2. The first-order valence-electron chi connectivity index (χ1n) is 15.6. The predicted molar refractivity (Wildman–Crippen MR) is 173 cm³/mol. The minimum Gasteiger partial charge on any atom is -0.490 e. The number of esters is 1. The van der Waals surface area contributed by atoms with Crippen molar-refractivity contribution in [3.8, 4) is 5.75 Å². The van der Waals surface area contributed by atoms with Gasteiger partial charge in [-0.05, 0) is 104 Å². The van der Waals surface area contributed by atoms with Crippen LogP contribution in [0.5, 0.6) is 5.75 Å². The Balaban J connectivity index is 1.50. The number of carbonyl (C=O) groups excluding carboxylic acids is 1. The van der Waals surface area contributed by atoms with E-state index in [0.29, 0.717) is 12.2 Å². The van der Waals surface area contributed by atoms with Gasteiger partial charge < -0.3 is 29.0 Å². The molecule has 0 aromatic heterocycles. The number of hydrogen-bond acceptors (Lipinski definition) is 7. The number of fused-ring (bicyclic) bond motifs is 3. The maximum atomic E-state index is 12.6. The van der Waals surface area contributed by atoms with E-state index in [0.717, 1.165) is 61.7 Å². The summed E-state index contributed by atoms with van der Waals surface area (Å²) in [6.07, 6.45) is 3.60. The van der Waals surface area contributed by atoms with Gasteiger partial charge in [-0.1, -0.05) is 38.4 Å². The number of hydrogen-bond donors (Lipinski definition) is 2. The summed E-state index contributed by atoms with van der Waals surface area (Å²) in [5.74, 6) is 0.732. The van der Waals surface area contributed by atoms with Crippen molar-refractivity contribution in [3.63, 3.8) is 0 Å². The molecule has 1 aliphatic heterocycles. The summed E-state index contributed by atoms with van der Waals surface area (Å²) < 4.78 is 18.5. The molecule has 2 aliphatic carbocycles. The second-order valence-electron chi connectivity index (χ2n) is 14.4. The topological polar surface area (TPSA) is 88.5 Å². The molecule has 1 fully saturated rings. The number of anilines is 1. The van der Waals surface area contributed by atoms with E-state index < -0.39 is 20.5 Å². The van der Waals surface area contributed by atoms with Gasteiger partial charge in [0.15, 0.2) is 8.32 Å². The maximum Gasteiger partial charge on any atom is 0.337 e. The minimum absolute atomic E-state index is 0.0192. The molecule has 0 unspecified atom stereocenters. The summed E-state index contributed by atoms with van der Waals surface area (Å²) in [5.41, 5.74) is 3.70. The number of ether oxygens (including phenoxy) is 2. The van der Waals surface area contributed by atoms with Crippen LogP contribution in [0.4, 0.5) is 5.69 Å². The summed E-state index contributed by atoms with van der Waals surface area (Å²) in [6.45, 7) is 12.7. The number of aliphatic hydroxyl groups is 2. The van der Waals surface area contributed by atoms with Gasteiger partial charge in [-0.2, -0.15) is 0 Å². The quantitative estimate of drug-likeness (QED) is 0.259. The van der Waals surface area contributed by atoms with Crippen LogP contribution < -0.4 is 9.64 Å². The summed E-state index contributed by atoms with van der Waals surface area (Å²) in [5, 5.41) is 21.8. The maximum absolute atomic E-state index is 12.6. The third-order valence-corrected chi connectivity index (χ3v) is 15.3. The lowest BCUT2D eigenvalue weighted by atomic mass is 9.68. The van der Waals surface area contributed by atoms with E-state index in [2.05, 4.69) is 50.9 Å². The fourth-order valence-corrected chi connectivity index (χ4v) is 8.53. The molecule has 236 valence electrons. The number of nitrogens with zero attached hydrogens (tertiary/aromatic N) is 1. The Morgan fingerprint density at radius 2 is 1.98 bits per heavy atom. The van der Waals surface area contributed by atoms with Crippen LogP contribution in [0.3, 0.4) is 0 Å². The first-order chi connectivity index (χ1) is 20.3. The molecule has 0 bridgehead atoms. The van der Waals surface area contributed by atoms with Crippen molar-refractivity contribution in [2.24, 2.45) is 11.8 Å². The van der Waals surface area contributed by atoms with E-state index in [4.69, 9.17) is 25.5 Å². The SMILES string of the molecule is COC(=O)c1ccc2c(c1)N(C[C@@H]1CC[C@H]1[C@@H](O[Si](C)(C)C(C)(C)C)[C@H](O)CO)C[C@@]1(CCCc3cc(Cl)ccc31)CO2. The molecule has 1 spiro atoms. The van der Waals surface area contributed by atoms with Crippen molar-refractivity contribution in [3.05, 3.63) is 58.1 Å². The van der Waals surface area contributed by atoms with Crippen molar-refractivity contribution in [2.45, 2.75) is 88.6 Å². The third kappa shape index (κ3) is 6.36. The van der Waals surface area contributed by atoms with Gasteiger partial charge in [-0.3, -0.25) is 0 Å². The van der Waals surface area contributed by atoms with Crippen molar-refractivity contribution in [2.75, 3.05) is 38.3 Å². The van der Waals surface area contributed by atoms with Crippen molar-refractivity contribution < 1.29 is 28.9 Å². The molecule has 43 heavy (non-hydrogen) atoms. The van der Waals surface area contributed by atoms with Crippen LogP contribution in [-0.2, 0) is 21.0 Å². The summed E-state index contributed by atoms with van der Waals surface area (Å²) in [4.78, 5) is 15.0. The van der Waals surface area contributed by atoms with Crippen LogP contribution in [0.25, 0.3) is 0 Å². The van der Waals surface area contributed by atoms with Gasteiger partial charge in [0.05, 0.1) is 37.7 Å². The molecule has 7 nitrogen and oxygen atoms in total.